The summed E-state index contributed by atoms with van der Waals surface area (Å²) in [6.07, 6.45) is 2.31. The van der Waals surface area contributed by atoms with Crippen LogP contribution in [0.1, 0.15) is 54.4 Å². The van der Waals surface area contributed by atoms with Crippen molar-refractivity contribution >= 4 is 38.2 Å². The van der Waals surface area contributed by atoms with Gasteiger partial charge in [0.05, 0.1) is 0 Å². The van der Waals surface area contributed by atoms with Gasteiger partial charge in [-0.3, -0.25) is 0 Å². The van der Waals surface area contributed by atoms with Crippen molar-refractivity contribution in [1.29, 1.82) is 0 Å². The van der Waals surface area contributed by atoms with E-state index in [1.165, 1.54) is 11.5 Å². The Hall–Kier alpha value is 1.05. The lowest BCUT2D eigenvalue weighted by Crippen LogP contribution is -2.41. The Labute approximate surface area is 162 Å². The number of hydrogen-bond acceptors (Lipinski definition) is 4. The Morgan fingerprint density at radius 1 is 0.625 bits per heavy atom. The highest BCUT2D eigenvalue weighted by molar-refractivity contribution is 8.76. The van der Waals surface area contributed by atoms with Gasteiger partial charge in [0.1, 0.15) is 0 Å². The van der Waals surface area contributed by atoms with E-state index in [0.717, 1.165) is 26.1 Å². The van der Waals surface area contributed by atoms with Crippen molar-refractivity contribution in [2.45, 2.75) is 90.6 Å². The fourth-order valence-corrected chi connectivity index (χ4v) is 5.74. The molecule has 0 atom stereocenters. The van der Waals surface area contributed by atoms with Gasteiger partial charge in [-0.2, -0.15) is 0 Å². The van der Waals surface area contributed by atoms with E-state index >= 15 is 0 Å². The van der Waals surface area contributed by atoms with Gasteiger partial charge in [-0.1, -0.05) is 63.1 Å². The van der Waals surface area contributed by atoms with E-state index < -0.39 is 16.6 Å². The molecule has 0 saturated carbocycles. The molecule has 0 aliphatic carbocycles. The standard InChI is InChI=1S/C18H42O2S2Si2/c1-17(2,3)23(7,8)19-13-11-15-21-22-16-12-14-20-24(9,10)18(4,5)6/h11-16H2,1-10H3. The summed E-state index contributed by atoms with van der Waals surface area (Å²) in [7, 11) is 0.859. The highest BCUT2D eigenvalue weighted by Gasteiger charge is 2.37. The van der Waals surface area contributed by atoms with Crippen LogP contribution < -0.4 is 0 Å². The lowest BCUT2D eigenvalue weighted by atomic mass is 10.2. The van der Waals surface area contributed by atoms with Gasteiger partial charge in [0.25, 0.3) is 0 Å². The summed E-state index contributed by atoms with van der Waals surface area (Å²) in [5.41, 5.74) is 0. The highest BCUT2D eigenvalue weighted by Crippen LogP contribution is 2.37. The summed E-state index contributed by atoms with van der Waals surface area (Å²) in [6.45, 7) is 25.0. The van der Waals surface area contributed by atoms with Crippen molar-refractivity contribution < 1.29 is 8.85 Å². The Morgan fingerprint density at radius 2 is 0.917 bits per heavy atom. The first kappa shape index (κ1) is 25.1. The third-order valence-corrected chi connectivity index (χ3v) is 17.0. The topological polar surface area (TPSA) is 18.5 Å². The lowest BCUT2D eigenvalue weighted by Gasteiger charge is -2.36. The van der Waals surface area contributed by atoms with Gasteiger partial charge in [-0.25, -0.2) is 0 Å². The van der Waals surface area contributed by atoms with E-state index in [0.29, 0.717) is 10.1 Å². The fourth-order valence-electron chi connectivity index (χ4n) is 1.44. The smallest absolute Gasteiger partial charge is 0.191 e. The second kappa shape index (κ2) is 10.4. The van der Waals surface area contributed by atoms with Gasteiger partial charge in [0.2, 0.25) is 0 Å². The molecule has 0 aliphatic heterocycles. The molecular formula is C18H42O2S2Si2. The van der Waals surface area contributed by atoms with E-state index in [2.05, 4.69) is 67.7 Å². The summed E-state index contributed by atoms with van der Waals surface area (Å²) >= 11 is 0. The second-order valence-electron chi connectivity index (χ2n) is 9.57. The summed E-state index contributed by atoms with van der Waals surface area (Å²) < 4.78 is 12.4. The molecule has 6 heteroatoms. The van der Waals surface area contributed by atoms with Crippen LogP contribution in [0.5, 0.6) is 0 Å². The molecule has 0 spiro atoms. The number of hydrogen-bond donors (Lipinski definition) is 0. The first-order valence-electron chi connectivity index (χ1n) is 9.23. The van der Waals surface area contributed by atoms with E-state index in [1.54, 1.807) is 0 Å². The van der Waals surface area contributed by atoms with Crippen molar-refractivity contribution in [1.82, 2.24) is 0 Å². The van der Waals surface area contributed by atoms with Crippen molar-refractivity contribution in [3.8, 4) is 0 Å². The third-order valence-electron chi connectivity index (χ3n) is 5.37. The molecule has 0 aromatic heterocycles. The van der Waals surface area contributed by atoms with E-state index in [1.807, 2.05) is 21.6 Å². The van der Waals surface area contributed by atoms with Gasteiger partial charge in [-0.05, 0) is 49.1 Å². The molecule has 0 heterocycles. The summed E-state index contributed by atoms with van der Waals surface area (Å²) in [4.78, 5) is 0. The Bertz CT molecular complexity index is 314. The monoisotopic (exact) mass is 410 g/mol. The van der Waals surface area contributed by atoms with Crippen LogP contribution in [-0.4, -0.2) is 41.4 Å². The molecule has 0 fully saturated rings. The van der Waals surface area contributed by atoms with Crippen LogP contribution in [0, 0.1) is 0 Å². The first-order valence-corrected chi connectivity index (χ1v) is 17.5. The molecule has 0 aliphatic rings. The van der Waals surface area contributed by atoms with Crippen molar-refractivity contribution in [3.63, 3.8) is 0 Å². The summed E-state index contributed by atoms with van der Waals surface area (Å²) in [6, 6.07) is 0. The Kier molecular flexibility index (Phi) is 10.9. The number of rotatable bonds is 11. The zero-order chi connectivity index (χ0) is 19.1. The SMILES string of the molecule is CC(C)(C)[Si](C)(C)OCCCSSCCCO[Si](C)(C)C(C)(C)C. The average Bonchev–Trinajstić information content (AvgIpc) is 2.38. The molecule has 0 radical (unpaired) electrons. The second-order valence-corrected chi connectivity index (χ2v) is 21.9. The normalized spacial score (nSPS) is 14.2. The van der Waals surface area contributed by atoms with E-state index in [-0.39, 0.29) is 0 Å². The molecule has 0 amide bonds. The molecule has 24 heavy (non-hydrogen) atoms. The van der Waals surface area contributed by atoms with Gasteiger partial charge in [0.15, 0.2) is 16.6 Å². The average molecular weight is 411 g/mol. The molecule has 0 N–H and O–H groups in total. The summed E-state index contributed by atoms with van der Waals surface area (Å²) in [5, 5.41) is 0.637. The van der Waals surface area contributed by atoms with Crippen molar-refractivity contribution in [2.75, 3.05) is 24.7 Å². The van der Waals surface area contributed by atoms with Crippen LogP contribution in [0.15, 0.2) is 0 Å². The Balaban J connectivity index is 3.60. The maximum absolute atomic E-state index is 6.21. The van der Waals surface area contributed by atoms with E-state index in [9.17, 15) is 0 Å². The zero-order valence-corrected chi connectivity index (χ0v) is 21.5. The molecule has 0 unspecified atom stereocenters. The molecule has 0 rings (SSSR count). The third kappa shape index (κ3) is 9.67. The molecule has 0 aromatic carbocycles. The largest absolute Gasteiger partial charge is 0.417 e. The molecular weight excluding hydrogens is 369 g/mol. The van der Waals surface area contributed by atoms with Crippen LogP contribution in [0.25, 0.3) is 0 Å². The van der Waals surface area contributed by atoms with Crippen LogP contribution in [0.2, 0.25) is 36.3 Å². The highest BCUT2D eigenvalue weighted by atomic mass is 33.1. The Morgan fingerprint density at radius 3 is 1.17 bits per heavy atom. The van der Waals surface area contributed by atoms with Crippen molar-refractivity contribution in [2.24, 2.45) is 0 Å². The minimum absolute atomic E-state index is 0.318. The van der Waals surface area contributed by atoms with Gasteiger partial charge in [-0.15, -0.1) is 0 Å². The molecule has 0 aromatic rings. The first-order chi connectivity index (χ1) is 10.7. The van der Waals surface area contributed by atoms with E-state index in [4.69, 9.17) is 8.85 Å². The van der Waals surface area contributed by atoms with Crippen LogP contribution in [0.3, 0.4) is 0 Å². The van der Waals surface area contributed by atoms with Gasteiger partial charge < -0.3 is 8.85 Å². The van der Waals surface area contributed by atoms with Crippen LogP contribution in [0.4, 0.5) is 0 Å². The lowest BCUT2D eigenvalue weighted by molar-refractivity contribution is 0.289. The minimum atomic E-state index is -1.55. The molecule has 0 bridgehead atoms. The molecule has 0 saturated heterocycles. The zero-order valence-electron chi connectivity index (χ0n) is 17.9. The maximum atomic E-state index is 6.21. The maximum Gasteiger partial charge on any atom is 0.191 e. The summed E-state index contributed by atoms with van der Waals surface area (Å²) in [5.74, 6) is 2.37. The van der Waals surface area contributed by atoms with Crippen molar-refractivity contribution in [3.05, 3.63) is 0 Å². The quantitative estimate of drug-likeness (QED) is 0.204. The molecule has 146 valence electrons. The predicted molar refractivity (Wildman–Crippen MR) is 120 cm³/mol. The molecule has 2 nitrogen and oxygen atoms in total. The minimum Gasteiger partial charge on any atom is -0.417 e. The van der Waals surface area contributed by atoms with Gasteiger partial charge >= 0.3 is 0 Å². The fraction of sp³-hybridized carbons (Fsp3) is 1.00. The van der Waals surface area contributed by atoms with Gasteiger partial charge in [0, 0.05) is 24.7 Å². The predicted octanol–water partition coefficient (Wildman–Crippen LogP) is 7.19. The van der Waals surface area contributed by atoms with Crippen LogP contribution in [-0.2, 0) is 8.85 Å². The van der Waals surface area contributed by atoms with Crippen LogP contribution >= 0.6 is 21.6 Å².